The SMILES string of the molecule is CCC1CCC(C#N)(C(O)C2CCC(C)O2)CC1. The molecule has 1 saturated heterocycles. The van der Waals surface area contributed by atoms with E-state index in [0.717, 1.165) is 44.4 Å². The minimum Gasteiger partial charge on any atom is -0.389 e. The Morgan fingerprint density at radius 3 is 2.44 bits per heavy atom. The highest BCUT2D eigenvalue weighted by molar-refractivity contribution is 5.08. The highest BCUT2D eigenvalue weighted by atomic mass is 16.5. The molecule has 1 heterocycles. The number of hydrogen-bond donors (Lipinski definition) is 1. The van der Waals surface area contributed by atoms with Crippen molar-refractivity contribution in [2.45, 2.75) is 77.1 Å². The minimum atomic E-state index is -0.606. The molecule has 1 aliphatic heterocycles. The summed E-state index contributed by atoms with van der Waals surface area (Å²) in [6, 6.07) is 2.42. The predicted molar refractivity (Wildman–Crippen MR) is 69.9 cm³/mol. The van der Waals surface area contributed by atoms with E-state index in [2.05, 4.69) is 13.0 Å². The van der Waals surface area contributed by atoms with E-state index in [-0.39, 0.29) is 12.2 Å². The van der Waals surface area contributed by atoms with Gasteiger partial charge < -0.3 is 9.84 Å². The van der Waals surface area contributed by atoms with E-state index in [1.54, 1.807) is 0 Å². The number of aliphatic hydroxyl groups excluding tert-OH is 1. The summed E-state index contributed by atoms with van der Waals surface area (Å²) >= 11 is 0. The van der Waals surface area contributed by atoms with Crippen LogP contribution in [-0.2, 0) is 4.74 Å². The quantitative estimate of drug-likeness (QED) is 0.838. The largest absolute Gasteiger partial charge is 0.389 e. The third kappa shape index (κ3) is 2.55. The maximum Gasteiger partial charge on any atom is 0.0987 e. The number of hydrogen-bond acceptors (Lipinski definition) is 3. The number of aliphatic hydroxyl groups is 1. The highest BCUT2D eigenvalue weighted by Gasteiger charge is 2.46. The van der Waals surface area contributed by atoms with Crippen LogP contribution in [0.1, 0.15) is 58.8 Å². The Labute approximate surface area is 110 Å². The van der Waals surface area contributed by atoms with Crippen LogP contribution in [0.3, 0.4) is 0 Å². The van der Waals surface area contributed by atoms with Crippen molar-refractivity contribution in [2.24, 2.45) is 11.3 Å². The van der Waals surface area contributed by atoms with Crippen LogP contribution < -0.4 is 0 Å². The van der Waals surface area contributed by atoms with Crippen molar-refractivity contribution in [1.29, 1.82) is 5.26 Å². The Balaban J connectivity index is 2.02. The van der Waals surface area contributed by atoms with Crippen LogP contribution in [-0.4, -0.2) is 23.4 Å². The van der Waals surface area contributed by atoms with E-state index in [4.69, 9.17) is 4.74 Å². The van der Waals surface area contributed by atoms with Crippen molar-refractivity contribution in [1.82, 2.24) is 0 Å². The first-order chi connectivity index (χ1) is 8.61. The molecular weight excluding hydrogens is 226 g/mol. The number of rotatable bonds is 3. The first kappa shape index (κ1) is 13.8. The molecule has 0 bridgehead atoms. The van der Waals surface area contributed by atoms with Gasteiger partial charge in [-0.15, -0.1) is 0 Å². The fourth-order valence-electron chi connectivity index (χ4n) is 3.50. The first-order valence-electron chi connectivity index (χ1n) is 7.36. The second-order valence-electron chi connectivity index (χ2n) is 6.13. The van der Waals surface area contributed by atoms with Crippen molar-refractivity contribution < 1.29 is 9.84 Å². The highest BCUT2D eigenvalue weighted by Crippen LogP contribution is 2.44. The van der Waals surface area contributed by atoms with Crippen LogP contribution in [0.2, 0.25) is 0 Å². The summed E-state index contributed by atoms with van der Waals surface area (Å²) in [6.07, 6.45) is 6.38. The van der Waals surface area contributed by atoms with Gasteiger partial charge in [0.25, 0.3) is 0 Å². The lowest BCUT2D eigenvalue weighted by Gasteiger charge is -2.40. The Bertz CT molecular complexity index is 315. The summed E-state index contributed by atoms with van der Waals surface area (Å²) < 4.78 is 5.76. The third-order valence-electron chi connectivity index (χ3n) is 4.98. The first-order valence-corrected chi connectivity index (χ1v) is 7.36. The zero-order valence-corrected chi connectivity index (χ0v) is 11.6. The van der Waals surface area contributed by atoms with Crippen LogP contribution in [0.4, 0.5) is 0 Å². The molecule has 1 aliphatic carbocycles. The molecule has 18 heavy (non-hydrogen) atoms. The van der Waals surface area contributed by atoms with Crippen molar-refractivity contribution in [3.05, 3.63) is 0 Å². The van der Waals surface area contributed by atoms with Gasteiger partial charge in [-0.25, -0.2) is 0 Å². The molecule has 3 atom stereocenters. The van der Waals surface area contributed by atoms with Gasteiger partial charge in [0.2, 0.25) is 0 Å². The van der Waals surface area contributed by atoms with Gasteiger partial charge in [-0.05, 0) is 51.4 Å². The Morgan fingerprint density at radius 2 is 2.00 bits per heavy atom. The van der Waals surface area contributed by atoms with Gasteiger partial charge in [0.05, 0.1) is 29.8 Å². The van der Waals surface area contributed by atoms with Gasteiger partial charge in [-0.1, -0.05) is 13.3 Å². The summed E-state index contributed by atoms with van der Waals surface area (Å²) in [5.41, 5.74) is -0.555. The Morgan fingerprint density at radius 1 is 1.33 bits per heavy atom. The lowest BCUT2D eigenvalue weighted by molar-refractivity contribution is -0.0847. The van der Waals surface area contributed by atoms with Crippen molar-refractivity contribution >= 4 is 0 Å². The average Bonchev–Trinajstić information content (AvgIpc) is 2.84. The zero-order valence-electron chi connectivity index (χ0n) is 11.6. The van der Waals surface area contributed by atoms with E-state index >= 15 is 0 Å². The summed E-state index contributed by atoms with van der Waals surface area (Å²) in [7, 11) is 0. The predicted octanol–water partition coefficient (Wildman–Crippen LogP) is 3.02. The molecule has 0 amide bonds. The van der Waals surface area contributed by atoms with Gasteiger partial charge in [-0.3, -0.25) is 0 Å². The monoisotopic (exact) mass is 251 g/mol. The van der Waals surface area contributed by atoms with Crippen molar-refractivity contribution in [3.8, 4) is 6.07 Å². The fraction of sp³-hybridized carbons (Fsp3) is 0.933. The minimum absolute atomic E-state index is 0.127. The molecule has 1 N–H and O–H groups in total. The number of ether oxygens (including phenoxy) is 1. The molecule has 3 unspecified atom stereocenters. The maximum absolute atomic E-state index is 10.6. The summed E-state index contributed by atoms with van der Waals surface area (Å²) in [5, 5.41) is 20.1. The lowest BCUT2D eigenvalue weighted by atomic mass is 9.66. The third-order valence-corrected chi connectivity index (χ3v) is 4.98. The maximum atomic E-state index is 10.6. The van der Waals surface area contributed by atoms with E-state index in [0.29, 0.717) is 0 Å². The van der Waals surface area contributed by atoms with Crippen molar-refractivity contribution in [3.63, 3.8) is 0 Å². The van der Waals surface area contributed by atoms with Crippen LogP contribution in [0.25, 0.3) is 0 Å². The van der Waals surface area contributed by atoms with E-state index in [1.807, 2.05) is 6.92 Å². The lowest BCUT2D eigenvalue weighted by Crippen LogP contribution is -2.44. The second kappa shape index (κ2) is 5.59. The smallest absolute Gasteiger partial charge is 0.0987 e. The second-order valence-corrected chi connectivity index (χ2v) is 6.13. The molecule has 2 aliphatic rings. The topological polar surface area (TPSA) is 53.2 Å². The Kier molecular flexibility index (Phi) is 4.29. The van der Waals surface area contributed by atoms with E-state index in [9.17, 15) is 10.4 Å². The van der Waals surface area contributed by atoms with Gasteiger partial charge in [0.15, 0.2) is 0 Å². The molecule has 0 radical (unpaired) electrons. The van der Waals surface area contributed by atoms with E-state index < -0.39 is 11.5 Å². The van der Waals surface area contributed by atoms with Crippen LogP contribution in [0, 0.1) is 22.7 Å². The summed E-state index contributed by atoms with van der Waals surface area (Å²) in [6.45, 7) is 4.25. The fourth-order valence-corrected chi connectivity index (χ4v) is 3.50. The molecule has 2 fully saturated rings. The van der Waals surface area contributed by atoms with Crippen molar-refractivity contribution in [2.75, 3.05) is 0 Å². The summed E-state index contributed by atoms with van der Waals surface area (Å²) in [5.74, 6) is 0.738. The molecular formula is C15H25NO2. The van der Waals surface area contributed by atoms with Crippen LogP contribution in [0.15, 0.2) is 0 Å². The molecule has 0 aromatic rings. The summed E-state index contributed by atoms with van der Waals surface area (Å²) in [4.78, 5) is 0. The molecule has 0 spiro atoms. The number of nitrogens with zero attached hydrogens (tertiary/aromatic N) is 1. The normalized spacial score (nSPS) is 42.4. The molecule has 3 nitrogen and oxygen atoms in total. The van der Waals surface area contributed by atoms with Crippen LogP contribution >= 0.6 is 0 Å². The van der Waals surface area contributed by atoms with E-state index in [1.165, 1.54) is 6.42 Å². The van der Waals surface area contributed by atoms with Gasteiger partial charge in [0, 0.05) is 0 Å². The molecule has 1 saturated carbocycles. The molecule has 0 aromatic heterocycles. The number of nitriles is 1. The Hall–Kier alpha value is -0.590. The molecule has 0 aromatic carbocycles. The van der Waals surface area contributed by atoms with Gasteiger partial charge in [0.1, 0.15) is 0 Å². The molecule has 2 rings (SSSR count). The van der Waals surface area contributed by atoms with Gasteiger partial charge in [-0.2, -0.15) is 5.26 Å². The van der Waals surface area contributed by atoms with Gasteiger partial charge >= 0.3 is 0 Å². The molecule has 3 heteroatoms. The van der Waals surface area contributed by atoms with Crippen LogP contribution in [0.5, 0.6) is 0 Å². The molecule has 102 valence electrons. The average molecular weight is 251 g/mol. The standard InChI is InChI=1S/C15H25NO2/c1-3-12-6-8-15(10-16,9-7-12)14(17)13-5-4-11(2)18-13/h11-14,17H,3-9H2,1-2H3. The zero-order chi connectivity index (χ0) is 13.2.